The summed E-state index contributed by atoms with van der Waals surface area (Å²) in [4.78, 5) is 27.6. The van der Waals surface area contributed by atoms with Crippen LogP contribution in [0.1, 0.15) is 43.2 Å². The molecule has 3 aromatic rings. The number of nitrogens with one attached hydrogen (secondary N) is 2. The van der Waals surface area contributed by atoms with Gasteiger partial charge in [0, 0.05) is 36.3 Å². The molecule has 3 heterocycles. The lowest BCUT2D eigenvalue weighted by Gasteiger charge is -2.27. The standard InChI is InChI=1S/C23H22N4O4/c1-14-4-2-3-5-16(14)23(29)27-9-8-18-17(12-27)21(26-25-18)22(28)24-11-15-6-7-19-20(10-15)31-13-30-19/h2-7,10H,8-9,11-13H2,1H3,(H,24,28)(H,25,26). The van der Waals surface area contributed by atoms with Crippen LogP contribution in [0.4, 0.5) is 0 Å². The first-order valence-electron chi connectivity index (χ1n) is 10.2. The first-order chi connectivity index (χ1) is 15.1. The summed E-state index contributed by atoms with van der Waals surface area (Å²) in [5.74, 6) is 1.07. The van der Waals surface area contributed by atoms with Crippen LogP contribution >= 0.6 is 0 Å². The molecule has 0 fully saturated rings. The van der Waals surface area contributed by atoms with E-state index < -0.39 is 0 Å². The zero-order valence-corrected chi connectivity index (χ0v) is 17.1. The van der Waals surface area contributed by atoms with Crippen LogP contribution in [0.5, 0.6) is 11.5 Å². The van der Waals surface area contributed by atoms with Gasteiger partial charge in [-0.05, 0) is 36.2 Å². The van der Waals surface area contributed by atoms with Crippen molar-refractivity contribution in [3.8, 4) is 11.5 Å². The second-order valence-corrected chi connectivity index (χ2v) is 7.69. The monoisotopic (exact) mass is 418 g/mol. The average molecular weight is 418 g/mol. The summed E-state index contributed by atoms with van der Waals surface area (Å²) in [5, 5.41) is 10.1. The maximum atomic E-state index is 13.0. The SMILES string of the molecule is Cc1ccccc1C(=O)N1CCc2[nH]nc(C(=O)NCc3ccc4c(c3)OCO4)c2C1. The number of rotatable bonds is 4. The molecule has 1 aromatic heterocycles. The third kappa shape index (κ3) is 3.61. The van der Waals surface area contributed by atoms with Crippen LogP contribution in [0.2, 0.25) is 0 Å². The van der Waals surface area contributed by atoms with E-state index in [9.17, 15) is 9.59 Å². The molecule has 8 heteroatoms. The molecular weight excluding hydrogens is 396 g/mol. The van der Waals surface area contributed by atoms with Crippen LogP contribution in [0.15, 0.2) is 42.5 Å². The van der Waals surface area contributed by atoms with Gasteiger partial charge in [0.1, 0.15) is 0 Å². The number of fused-ring (bicyclic) bond motifs is 2. The van der Waals surface area contributed by atoms with Crippen molar-refractivity contribution >= 4 is 11.8 Å². The van der Waals surface area contributed by atoms with Crippen molar-refractivity contribution in [2.75, 3.05) is 13.3 Å². The van der Waals surface area contributed by atoms with Gasteiger partial charge in [-0.2, -0.15) is 5.10 Å². The third-order valence-electron chi connectivity index (χ3n) is 5.70. The van der Waals surface area contributed by atoms with Crippen molar-refractivity contribution in [3.05, 3.63) is 76.1 Å². The van der Waals surface area contributed by atoms with E-state index in [0.29, 0.717) is 48.8 Å². The molecule has 0 saturated carbocycles. The fourth-order valence-corrected chi connectivity index (χ4v) is 3.96. The number of aryl methyl sites for hydroxylation is 1. The Morgan fingerprint density at radius 1 is 1.16 bits per heavy atom. The van der Waals surface area contributed by atoms with E-state index in [0.717, 1.165) is 22.4 Å². The molecule has 0 radical (unpaired) electrons. The summed E-state index contributed by atoms with van der Waals surface area (Å²) in [6, 6.07) is 13.1. The van der Waals surface area contributed by atoms with Crippen molar-refractivity contribution in [1.29, 1.82) is 0 Å². The Balaban J connectivity index is 1.29. The summed E-state index contributed by atoms with van der Waals surface area (Å²) in [7, 11) is 0. The minimum Gasteiger partial charge on any atom is -0.454 e. The Bertz CT molecular complexity index is 1170. The van der Waals surface area contributed by atoms with Crippen molar-refractivity contribution in [3.63, 3.8) is 0 Å². The highest BCUT2D eigenvalue weighted by Gasteiger charge is 2.28. The molecule has 2 N–H and O–H groups in total. The van der Waals surface area contributed by atoms with Crippen LogP contribution in [0, 0.1) is 6.92 Å². The molecule has 5 rings (SSSR count). The maximum absolute atomic E-state index is 13.0. The number of aromatic nitrogens is 2. The Labute approximate surface area is 179 Å². The molecule has 0 spiro atoms. The van der Waals surface area contributed by atoms with Gasteiger partial charge in [0.15, 0.2) is 17.2 Å². The lowest BCUT2D eigenvalue weighted by Crippen LogP contribution is -2.37. The average Bonchev–Trinajstić information content (AvgIpc) is 3.43. The fraction of sp³-hybridized carbons (Fsp3) is 0.261. The van der Waals surface area contributed by atoms with Gasteiger partial charge in [0.25, 0.3) is 11.8 Å². The number of ether oxygens (including phenoxy) is 2. The summed E-state index contributed by atoms with van der Waals surface area (Å²) < 4.78 is 10.7. The number of amides is 2. The minimum atomic E-state index is -0.277. The van der Waals surface area contributed by atoms with E-state index in [1.807, 2.05) is 49.4 Å². The van der Waals surface area contributed by atoms with Crippen LogP contribution in [-0.2, 0) is 19.5 Å². The molecule has 0 bridgehead atoms. The van der Waals surface area contributed by atoms with Gasteiger partial charge >= 0.3 is 0 Å². The number of hydrogen-bond acceptors (Lipinski definition) is 5. The lowest BCUT2D eigenvalue weighted by atomic mass is 10.0. The molecule has 0 aliphatic carbocycles. The summed E-state index contributed by atoms with van der Waals surface area (Å²) in [6.07, 6.45) is 0.634. The topological polar surface area (TPSA) is 96.6 Å². The Kier molecular flexibility index (Phi) is 4.82. The first-order valence-corrected chi connectivity index (χ1v) is 10.2. The molecule has 0 unspecified atom stereocenters. The summed E-state index contributed by atoms with van der Waals surface area (Å²) in [5.41, 5.74) is 4.53. The predicted molar refractivity (Wildman–Crippen MR) is 112 cm³/mol. The van der Waals surface area contributed by atoms with Crippen LogP contribution in [0.3, 0.4) is 0 Å². The van der Waals surface area contributed by atoms with Gasteiger partial charge in [-0.3, -0.25) is 14.7 Å². The smallest absolute Gasteiger partial charge is 0.272 e. The van der Waals surface area contributed by atoms with Gasteiger partial charge in [-0.15, -0.1) is 0 Å². The quantitative estimate of drug-likeness (QED) is 0.679. The van der Waals surface area contributed by atoms with Gasteiger partial charge in [-0.25, -0.2) is 0 Å². The highest BCUT2D eigenvalue weighted by molar-refractivity contribution is 5.97. The summed E-state index contributed by atoms with van der Waals surface area (Å²) >= 11 is 0. The predicted octanol–water partition coefficient (Wildman–Crippen LogP) is 2.58. The Morgan fingerprint density at radius 3 is 2.87 bits per heavy atom. The van der Waals surface area contributed by atoms with E-state index in [2.05, 4.69) is 15.5 Å². The molecule has 8 nitrogen and oxygen atoms in total. The van der Waals surface area contributed by atoms with E-state index in [1.165, 1.54) is 0 Å². The first kappa shape index (κ1) is 19.2. The molecule has 158 valence electrons. The molecule has 2 aliphatic heterocycles. The van der Waals surface area contributed by atoms with E-state index >= 15 is 0 Å². The largest absolute Gasteiger partial charge is 0.454 e. The summed E-state index contributed by atoms with van der Waals surface area (Å²) in [6.45, 7) is 3.41. The third-order valence-corrected chi connectivity index (χ3v) is 5.70. The van der Waals surface area contributed by atoms with E-state index in [4.69, 9.17) is 9.47 Å². The number of carbonyl (C=O) groups excluding carboxylic acids is 2. The number of nitrogens with zero attached hydrogens (tertiary/aromatic N) is 2. The van der Waals surface area contributed by atoms with Crippen molar-refractivity contribution in [2.24, 2.45) is 0 Å². The van der Waals surface area contributed by atoms with E-state index in [-0.39, 0.29) is 18.6 Å². The zero-order chi connectivity index (χ0) is 21.4. The normalized spacial score (nSPS) is 14.3. The molecule has 31 heavy (non-hydrogen) atoms. The molecule has 2 amide bonds. The van der Waals surface area contributed by atoms with Gasteiger partial charge in [0.05, 0.1) is 6.54 Å². The van der Waals surface area contributed by atoms with Crippen LogP contribution in [0.25, 0.3) is 0 Å². The lowest BCUT2D eigenvalue weighted by molar-refractivity contribution is 0.0730. The second-order valence-electron chi connectivity index (χ2n) is 7.69. The van der Waals surface area contributed by atoms with Crippen molar-refractivity contribution in [1.82, 2.24) is 20.4 Å². The number of H-pyrrole nitrogens is 1. The zero-order valence-electron chi connectivity index (χ0n) is 17.1. The Morgan fingerprint density at radius 2 is 2.00 bits per heavy atom. The molecule has 2 aliphatic rings. The van der Waals surface area contributed by atoms with Gasteiger partial charge in [-0.1, -0.05) is 24.3 Å². The van der Waals surface area contributed by atoms with Crippen molar-refractivity contribution < 1.29 is 19.1 Å². The number of benzene rings is 2. The van der Waals surface area contributed by atoms with Crippen LogP contribution < -0.4 is 14.8 Å². The highest BCUT2D eigenvalue weighted by Crippen LogP contribution is 2.32. The number of carbonyl (C=O) groups is 2. The fourth-order valence-electron chi connectivity index (χ4n) is 3.96. The Hall–Kier alpha value is -3.81. The number of aromatic amines is 1. The van der Waals surface area contributed by atoms with Gasteiger partial charge in [0.2, 0.25) is 6.79 Å². The second kappa shape index (κ2) is 7.79. The molecule has 0 saturated heterocycles. The van der Waals surface area contributed by atoms with Crippen LogP contribution in [-0.4, -0.2) is 40.2 Å². The van der Waals surface area contributed by atoms with E-state index in [1.54, 1.807) is 4.90 Å². The van der Waals surface area contributed by atoms with Crippen molar-refractivity contribution in [2.45, 2.75) is 26.4 Å². The molecule has 0 atom stereocenters. The molecule has 2 aromatic carbocycles. The van der Waals surface area contributed by atoms with Gasteiger partial charge < -0.3 is 19.7 Å². The number of hydrogen-bond donors (Lipinski definition) is 2. The molecular formula is C23H22N4O4. The minimum absolute atomic E-state index is 0.0309. The highest BCUT2D eigenvalue weighted by atomic mass is 16.7. The maximum Gasteiger partial charge on any atom is 0.272 e.